The van der Waals surface area contributed by atoms with E-state index in [2.05, 4.69) is 73.4 Å². The molecule has 0 fully saturated rings. The van der Waals surface area contributed by atoms with Crippen LogP contribution in [0.1, 0.15) is 44.7 Å². The lowest BCUT2D eigenvalue weighted by atomic mass is 9.98. The van der Waals surface area contributed by atoms with Crippen molar-refractivity contribution in [3.8, 4) is 0 Å². The van der Waals surface area contributed by atoms with Gasteiger partial charge in [-0.2, -0.15) is 0 Å². The molecule has 2 N–H and O–H groups in total. The molecule has 21 heavy (non-hydrogen) atoms. The lowest BCUT2D eigenvalue weighted by molar-refractivity contribution is 0.867. The van der Waals surface area contributed by atoms with Crippen molar-refractivity contribution in [2.75, 3.05) is 10.6 Å². The normalized spacial score (nSPS) is 11.0. The average molecular weight is 284 g/mol. The quantitative estimate of drug-likeness (QED) is 0.850. The SMILES string of the molecule is Cc1cccc(C(C)C)c1Nc1cc(NC(C)C)ncn1. The Hall–Kier alpha value is -2.10. The fourth-order valence-corrected chi connectivity index (χ4v) is 2.27. The summed E-state index contributed by atoms with van der Waals surface area (Å²) in [5, 5.41) is 6.74. The van der Waals surface area contributed by atoms with Gasteiger partial charge in [-0.1, -0.05) is 32.0 Å². The summed E-state index contributed by atoms with van der Waals surface area (Å²) < 4.78 is 0. The number of hydrogen-bond acceptors (Lipinski definition) is 4. The van der Waals surface area contributed by atoms with Crippen molar-refractivity contribution in [3.05, 3.63) is 41.7 Å². The molecule has 1 aromatic carbocycles. The maximum atomic E-state index is 4.32. The van der Waals surface area contributed by atoms with E-state index in [4.69, 9.17) is 0 Å². The van der Waals surface area contributed by atoms with Gasteiger partial charge in [0.25, 0.3) is 0 Å². The number of rotatable bonds is 5. The minimum atomic E-state index is 0.345. The largest absolute Gasteiger partial charge is 0.368 e. The second-order valence-electron chi connectivity index (χ2n) is 5.91. The van der Waals surface area contributed by atoms with E-state index in [0.717, 1.165) is 17.3 Å². The van der Waals surface area contributed by atoms with Crippen LogP contribution in [-0.2, 0) is 0 Å². The van der Waals surface area contributed by atoms with Crippen molar-refractivity contribution in [1.29, 1.82) is 0 Å². The maximum absolute atomic E-state index is 4.32. The second-order valence-corrected chi connectivity index (χ2v) is 5.91. The highest BCUT2D eigenvalue weighted by Gasteiger charge is 2.10. The molecule has 0 amide bonds. The first kappa shape index (κ1) is 15.3. The minimum Gasteiger partial charge on any atom is -0.368 e. The van der Waals surface area contributed by atoms with E-state index in [0.29, 0.717) is 12.0 Å². The molecule has 4 nitrogen and oxygen atoms in total. The minimum absolute atomic E-state index is 0.345. The molecule has 1 aromatic heterocycles. The van der Waals surface area contributed by atoms with Gasteiger partial charge >= 0.3 is 0 Å². The first-order valence-corrected chi connectivity index (χ1v) is 7.42. The molecule has 0 aliphatic heterocycles. The Labute approximate surface area is 127 Å². The number of aryl methyl sites for hydroxylation is 1. The van der Waals surface area contributed by atoms with Crippen LogP contribution in [0.4, 0.5) is 17.3 Å². The number of anilines is 3. The van der Waals surface area contributed by atoms with Gasteiger partial charge in [0.1, 0.15) is 18.0 Å². The molecule has 0 aliphatic carbocycles. The summed E-state index contributed by atoms with van der Waals surface area (Å²) in [7, 11) is 0. The third-order valence-corrected chi connectivity index (χ3v) is 3.28. The number of hydrogen-bond donors (Lipinski definition) is 2. The van der Waals surface area contributed by atoms with Gasteiger partial charge in [0.2, 0.25) is 0 Å². The Morgan fingerprint density at radius 2 is 1.71 bits per heavy atom. The van der Waals surface area contributed by atoms with Crippen LogP contribution < -0.4 is 10.6 Å². The second kappa shape index (κ2) is 6.57. The summed E-state index contributed by atoms with van der Waals surface area (Å²) in [4.78, 5) is 8.56. The standard InChI is InChI=1S/C17H24N4/c1-11(2)14-8-6-7-13(5)17(14)21-16-9-15(18-10-19-16)20-12(3)4/h6-12H,1-5H3,(H2,18,19,20,21). The van der Waals surface area contributed by atoms with Gasteiger partial charge in [-0.15, -0.1) is 0 Å². The molecule has 2 rings (SSSR count). The zero-order valence-electron chi connectivity index (χ0n) is 13.4. The molecule has 0 saturated heterocycles. The number of aromatic nitrogens is 2. The van der Waals surface area contributed by atoms with Crippen LogP contribution >= 0.6 is 0 Å². The van der Waals surface area contributed by atoms with E-state index in [1.54, 1.807) is 6.33 Å². The van der Waals surface area contributed by atoms with E-state index in [1.165, 1.54) is 11.1 Å². The van der Waals surface area contributed by atoms with Crippen LogP contribution in [0, 0.1) is 6.92 Å². The zero-order valence-corrected chi connectivity index (χ0v) is 13.4. The van der Waals surface area contributed by atoms with Crippen molar-refractivity contribution >= 4 is 17.3 Å². The Morgan fingerprint density at radius 1 is 1.00 bits per heavy atom. The average Bonchev–Trinajstić information content (AvgIpc) is 2.40. The monoisotopic (exact) mass is 284 g/mol. The summed E-state index contributed by atoms with van der Waals surface area (Å²) in [6, 6.07) is 8.66. The Bertz CT molecular complexity index is 605. The van der Waals surface area contributed by atoms with Gasteiger partial charge in [0.15, 0.2) is 0 Å². The predicted octanol–water partition coefficient (Wildman–Crippen LogP) is 4.47. The fourth-order valence-electron chi connectivity index (χ4n) is 2.27. The number of para-hydroxylation sites is 1. The van der Waals surface area contributed by atoms with Crippen LogP contribution in [0.25, 0.3) is 0 Å². The summed E-state index contributed by atoms with van der Waals surface area (Å²) in [5.41, 5.74) is 3.66. The van der Waals surface area contributed by atoms with Crippen LogP contribution in [0.2, 0.25) is 0 Å². The third kappa shape index (κ3) is 3.94. The van der Waals surface area contributed by atoms with Crippen molar-refractivity contribution in [1.82, 2.24) is 9.97 Å². The predicted molar refractivity (Wildman–Crippen MR) is 89.3 cm³/mol. The molecule has 0 bridgehead atoms. The topological polar surface area (TPSA) is 49.8 Å². The first-order chi connectivity index (χ1) is 9.97. The molecule has 0 radical (unpaired) electrons. The molecule has 4 heteroatoms. The third-order valence-electron chi connectivity index (χ3n) is 3.28. The molecule has 112 valence electrons. The molecule has 1 heterocycles. The Balaban J connectivity index is 2.30. The van der Waals surface area contributed by atoms with Crippen LogP contribution in [0.3, 0.4) is 0 Å². The summed E-state index contributed by atoms with van der Waals surface area (Å²) >= 11 is 0. The molecule has 0 unspecified atom stereocenters. The lowest BCUT2D eigenvalue weighted by Crippen LogP contribution is -2.11. The highest BCUT2D eigenvalue weighted by molar-refractivity contribution is 5.66. The van der Waals surface area contributed by atoms with E-state index in [9.17, 15) is 0 Å². The van der Waals surface area contributed by atoms with E-state index in [-0.39, 0.29) is 0 Å². The lowest BCUT2D eigenvalue weighted by Gasteiger charge is -2.17. The van der Waals surface area contributed by atoms with Crippen molar-refractivity contribution in [3.63, 3.8) is 0 Å². The van der Waals surface area contributed by atoms with Crippen molar-refractivity contribution in [2.24, 2.45) is 0 Å². The van der Waals surface area contributed by atoms with Gasteiger partial charge in [-0.25, -0.2) is 9.97 Å². The molecular formula is C17H24N4. The summed E-state index contributed by atoms with van der Waals surface area (Å²) in [6.07, 6.45) is 1.58. The van der Waals surface area contributed by atoms with Crippen molar-refractivity contribution in [2.45, 2.75) is 46.6 Å². The van der Waals surface area contributed by atoms with Crippen molar-refractivity contribution < 1.29 is 0 Å². The van der Waals surface area contributed by atoms with Crippen LogP contribution in [-0.4, -0.2) is 16.0 Å². The summed E-state index contributed by atoms with van der Waals surface area (Å²) in [5.74, 6) is 2.11. The number of nitrogens with one attached hydrogen (secondary N) is 2. The highest BCUT2D eigenvalue weighted by Crippen LogP contribution is 2.29. The zero-order chi connectivity index (χ0) is 15.4. The van der Waals surface area contributed by atoms with Gasteiger partial charge in [0.05, 0.1) is 0 Å². The molecular weight excluding hydrogens is 260 g/mol. The number of nitrogens with zero attached hydrogens (tertiary/aromatic N) is 2. The number of benzene rings is 1. The van der Waals surface area contributed by atoms with E-state index < -0.39 is 0 Å². The smallest absolute Gasteiger partial charge is 0.135 e. The van der Waals surface area contributed by atoms with Crippen LogP contribution in [0.15, 0.2) is 30.6 Å². The fraction of sp³-hybridized carbons (Fsp3) is 0.412. The molecule has 0 atom stereocenters. The molecule has 0 spiro atoms. The van der Waals surface area contributed by atoms with Gasteiger partial charge in [-0.05, 0) is 37.8 Å². The molecule has 2 aromatic rings. The molecule has 0 aliphatic rings. The first-order valence-electron chi connectivity index (χ1n) is 7.42. The molecule has 0 saturated carbocycles. The highest BCUT2D eigenvalue weighted by atomic mass is 15.1. The van der Waals surface area contributed by atoms with Gasteiger partial charge < -0.3 is 10.6 Å². The van der Waals surface area contributed by atoms with Gasteiger partial charge in [-0.3, -0.25) is 0 Å². The maximum Gasteiger partial charge on any atom is 0.135 e. The van der Waals surface area contributed by atoms with E-state index in [1.807, 2.05) is 6.07 Å². The Kier molecular flexibility index (Phi) is 4.78. The van der Waals surface area contributed by atoms with E-state index >= 15 is 0 Å². The van der Waals surface area contributed by atoms with Crippen LogP contribution in [0.5, 0.6) is 0 Å². The van der Waals surface area contributed by atoms with Gasteiger partial charge in [0, 0.05) is 17.8 Å². The summed E-state index contributed by atoms with van der Waals surface area (Å²) in [6.45, 7) is 10.7. The Morgan fingerprint density at radius 3 is 2.38 bits per heavy atom.